The Hall–Kier alpha value is -3.91. The third-order valence-electron chi connectivity index (χ3n) is 6.31. The Balaban J connectivity index is 1.28. The standard InChI is InChI=1S/C25H23N5O3/c31-25-27-24(28-33-25)17-8-9-21-23(15-17)32-22-7-2-1-6-20(22)30(21)19-10-13-29(14-11-19)16-18-5-3-4-12-26-18/h1-9,12,15,19H,10-11,13-14,16H2,(H,27,28,31). The van der Waals surface area contributed by atoms with Crippen LogP contribution in [-0.4, -0.2) is 39.2 Å². The maximum absolute atomic E-state index is 11.4. The summed E-state index contributed by atoms with van der Waals surface area (Å²) >= 11 is 0. The number of aromatic nitrogens is 3. The van der Waals surface area contributed by atoms with E-state index >= 15 is 0 Å². The second kappa shape index (κ2) is 8.22. The van der Waals surface area contributed by atoms with Crippen molar-refractivity contribution in [2.24, 2.45) is 0 Å². The van der Waals surface area contributed by atoms with Gasteiger partial charge in [0, 0.05) is 37.4 Å². The van der Waals surface area contributed by atoms with Crippen LogP contribution in [0, 0.1) is 0 Å². The molecule has 2 aliphatic heterocycles. The minimum absolute atomic E-state index is 0.353. The summed E-state index contributed by atoms with van der Waals surface area (Å²) in [6.45, 7) is 2.89. The van der Waals surface area contributed by atoms with Gasteiger partial charge in [-0.1, -0.05) is 23.4 Å². The zero-order valence-corrected chi connectivity index (χ0v) is 18.0. The van der Waals surface area contributed by atoms with Crippen molar-refractivity contribution in [3.05, 3.63) is 83.1 Å². The average molecular weight is 441 g/mol. The van der Waals surface area contributed by atoms with E-state index in [9.17, 15) is 4.79 Å². The van der Waals surface area contributed by atoms with Gasteiger partial charge in [0.15, 0.2) is 17.3 Å². The number of likely N-dealkylation sites (tertiary alicyclic amines) is 1. The van der Waals surface area contributed by atoms with Crippen LogP contribution in [0.3, 0.4) is 0 Å². The van der Waals surface area contributed by atoms with Gasteiger partial charge in [0.05, 0.1) is 17.1 Å². The first kappa shape index (κ1) is 19.8. The van der Waals surface area contributed by atoms with Crippen molar-refractivity contribution in [3.63, 3.8) is 0 Å². The lowest BCUT2D eigenvalue weighted by molar-refractivity contribution is 0.202. The van der Waals surface area contributed by atoms with Gasteiger partial charge >= 0.3 is 5.76 Å². The molecule has 4 heterocycles. The molecule has 2 aromatic heterocycles. The van der Waals surface area contributed by atoms with E-state index in [1.165, 1.54) is 0 Å². The number of anilines is 2. The van der Waals surface area contributed by atoms with Crippen molar-refractivity contribution >= 4 is 11.4 Å². The fourth-order valence-corrected chi connectivity index (χ4v) is 4.74. The van der Waals surface area contributed by atoms with Crippen molar-refractivity contribution in [3.8, 4) is 22.9 Å². The number of hydrogen-bond acceptors (Lipinski definition) is 7. The molecule has 2 aliphatic rings. The van der Waals surface area contributed by atoms with Crippen LogP contribution in [0.15, 0.2) is 76.2 Å². The fraction of sp³-hybridized carbons (Fsp3) is 0.240. The molecule has 1 saturated heterocycles. The Morgan fingerprint density at radius 1 is 0.970 bits per heavy atom. The summed E-state index contributed by atoms with van der Waals surface area (Å²) in [5, 5.41) is 3.81. The van der Waals surface area contributed by atoms with Gasteiger partial charge in [-0.2, -0.15) is 0 Å². The molecule has 0 bridgehead atoms. The van der Waals surface area contributed by atoms with Gasteiger partial charge in [-0.25, -0.2) is 4.79 Å². The summed E-state index contributed by atoms with van der Waals surface area (Å²) in [6.07, 6.45) is 3.94. The van der Waals surface area contributed by atoms with Crippen LogP contribution in [0.1, 0.15) is 18.5 Å². The summed E-state index contributed by atoms with van der Waals surface area (Å²) in [5.41, 5.74) is 3.95. The Labute approximate surface area is 190 Å². The molecule has 6 rings (SSSR count). The van der Waals surface area contributed by atoms with E-state index in [1.54, 1.807) is 0 Å². The highest BCUT2D eigenvalue weighted by molar-refractivity contribution is 5.80. The molecule has 0 atom stereocenters. The van der Waals surface area contributed by atoms with Crippen molar-refractivity contribution in [1.82, 2.24) is 20.0 Å². The number of rotatable bonds is 4. The third-order valence-corrected chi connectivity index (χ3v) is 6.31. The second-order valence-corrected chi connectivity index (χ2v) is 8.39. The number of fused-ring (bicyclic) bond motifs is 2. The van der Waals surface area contributed by atoms with Crippen molar-refractivity contribution in [2.75, 3.05) is 18.0 Å². The summed E-state index contributed by atoms with van der Waals surface area (Å²) in [5.74, 6) is 1.38. The number of ether oxygens (including phenoxy) is 1. The molecule has 33 heavy (non-hydrogen) atoms. The third kappa shape index (κ3) is 3.78. The molecule has 0 saturated carbocycles. The number of aromatic amines is 1. The van der Waals surface area contributed by atoms with Crippen LogP contribution in [0.5, 0.6) is 11.5 Å². The molecule has 166 valence electrons. The first-order valence-corrected chi connectivity index (χ1v) is 11.1. The Kier molecular flexibility index (Phi) is 4.92. The van der Waals surface area contributed by atoms with Crippen LogP contribution in [0.4, 0.5) is 11.4 Å². The predicted octanol–water partition coefficient (Wildman–Crippen LogP) is 4.33. The predicted molar refractivity (Wildman–Crippen MR) is 124 cm³/mol. The van der Waals surface area contributed by atoms with Crippen LogP contribution in [0.25, 0.3) is 11.4 Å². The highest BCUT2D eigenvalue weighted by atomic mass is 16.5. The highest BCUT2D eigenvalue weighted by Gasteiger charge is 2.32. The minimum atomic E-state index is -0.576. The summed E-state index contributed by atoms with van der Waals surface area (Å²) < 4.78 is 10.9. The molecule has 0 unspecified atom stereocenters. The monoisotopic (exact) mass is 441 g/mol. The number of nitrogens with one attached hydrogen (secondary N) is 1. The molecule has 1 fully saturated rings. The lowest BCUT2D eigenvalue weighted by Crippen LogP contribution is -2.43. The van der Waals surface area contributed by atoms with Gasteiger partial charge in [0.1, 0.15) is 0 Å². The normalized spacial score (nSPS) is 16.2. The van der Waals surface area contributed by atoms with E-state index in [0.29, 0.717) is 11.9 Å². The minimum Gasteiger partial charge on any atom is -0.453 e. The topological polar surface area (TPSA) is 87.5 Å². The smallest absolute Gasteiger partial charge is 0.439 e. The van der Waals surface area contributed by atoms with Gasteiger partial charge in [-0.3, -0.25) is 19.4 Å². The molecule has 0 radical (unpaired) electrons. The van der Waals surface area contributed by atoms with Crippen LogP contribution in [-0.2, 0) is 6.54 Å². The zero-order chi connectivity index (χ0) is 22.2. The molecule has 8 heteroatoms. The number of H-pyrrole nitrogens is 1. The van der Waals surface area contributed by atoms with E-state index in [1.807, 2.05) is 54.7 Å². The van der Waals surface area contributed by atoms with Gasteiger partial charge in [-0.15, -0.1) is 0 Å². The highest BCUT2D eigenvalue weighted by Crippen LogP contribution is 2.49. The number of piperidine rings is 1. The molecule has 4 aromatic rings. The van der Waals surface area contributed by atoms with Crippen molar-refractivity contribution in [1.29, 1.82) is 0 Å². The molecule has 1 N–H and O–H groups in total. The van der Waals surface area contributed by atoms with E-state index in [0.717, 1.165) is 66.6 Å². The fourth-order valence-electron chi connectivity index (χ4n) is 4.74. The number of para-hydroxylation sites is 2. The van der Waals surface area contributed by atoms with Gasteiger partial charge in [-0.05, 0) is 55.3 Å². The molecular formula is C25H23N5O3. The molecule has 8 nitrogen and oxygen atoms in total. The number of pyridine rings is 1. The Morgan fingerprint density at radius 2 is 1.79 bits per heavy atom. The molecule has 0 spiro atoms. The Bertz CT molecular complexity index is 1330. The number of benzene rings is 2. The first-order chi connectivity index (χ1) is 16.2. The quantitative estimate of drug-likeness (QED) is 0.504. The second-order valence-electron chi connectivity index (χ2n) is 8.39. The van der Waals surface area contributed by atoms with Crippen molar-refractivity contribution in [2.45, 2.75) is 25.4 Å². The van der Waals surface area contributed by atoms with Crippen molar-refractivity contribution < 1.29 is 9.26 Å². The van der Waals surface area contributed by atoms with E-state index in [-0.39, 0.29) is 0 Å². The first-order valence-electron chi connectivity index (χ1n) is 11.1. The summed E-state index contributed by atoms with van der Waals surface area (Å²) in [6, 6.07) is 20.4. The van der Waals surface area contributed by atoms with Gasteiger partial charge < -0.3 is 9.64 Å². The summed E-state index contributed by atoms with van der Waals surface area (Å²) in [7, 11) is 0. The molecule has 0 amide bonds. The van der Waals surface area contributed by atoms with E-state index in [2.05, 4.69) is 41.6 Å². The molecule has 2 aromatic carbocycles. The van der Waals surface area contributed by atoms with Crippen LogP contribution >= 0.6 is 0 Å². The van der Waals surface area contributed by atoms with E-state index in [4.69, 9.17) is 4.74 Å². The molecule has 0 aliphatic carbocycles. The Morgan fingerprint density at radius 3 is 2.58 bits per heavy atom. The van der Waals surface area contributed by atoms with Crippen LogP contribution < -0.4 is 15.4 Å². The molecular weight excluding hydrogens is 418 g/mol. The van der Waals surface area contributed by atoms with Gasteiger partial charge in [0.25, 0.3) is 0 Å². The lowest BCUT2D eigenvalue weighted by atomic mass is 9.99. The number of nitrogens with zero attached hydrogens (tertiary/aromatic N) is 4. The average Bonchev–Trinajstić information content (AvgIpc) is 3.30. The lowest BCUT2D eigenvalue weighted by Gasteiger charge is -2.42. The maximum Gasteiger partial charge on any atom is 0.439 e. The largest absolute Gasteiger partial charge is 0.453 e. The summed E-state index contributed by atoms with van der Waals surface area (Å²) in [4.78, 5) is 23.3. The SMILES string of the molecule is O=c1[nH]c(-c2ccc3c(c2)Oc2ccccc2N3C2CCN(Cc3ccccn3)CC2)no1. The van der Waals surface area contributed by atoms with Crippen LogP contribution in [0.2, 0.25) is 0 Å². The zero-order valence-electron chi connectivity index (χ0n) is 18.0. The van der Waals surface area contributed by atoms with E-state index < -0.39 is 5.76 Å². The van der Waals surface area contributed by atoms with Gasteiger partial charge in [0.2, 0.25) is 0 Å². The number of hydrogen-bond donors (Lipinski definition) is 1. The maximum atomic E-state index is 11.4.